The molecule has 2 aromatic rings. The second-order valence-electron chi connectivity index (χ2n) is 3.97. The van der Waals surface area contributed by atoms with Crippen molar-refractivity contribution in [3.63, 3.8) is 0 Å². The summed E-state index contributed by atoms with van der Waals surface area (Å²) >= 11 is 12.8. The first-order chi connectivity index (χ1) is 9.92. The summed E-state index contributed by atoms with van der Waals surface area (Å²) in [7, 11) is 1.56. The monoisotopic (exact) mass is 434 g/mol. The molecule has 0 amide bonds. The molecule has 0 aliphatic carbocycles. The fourth-order valence-corrected chi connectivity index (χ4v) is 2.69. The lowest BCUT2D eigenvalue weighted by Gasteiger charge is -2.12. The SMILES string of the molecule is COc1cc(Br)c(Oc2ccc(C(=O)O)cc2Cl)cc1Br. The number of aromatic carboxylic acids is 1. The number of hydrogen-bond acceptors (Lipinski definition) is 3. The number of ether oxygens (including phenoxy) is 2. The van der Waals surface area contributed by atoms with E-state index in [9.17, 15) is 4.79 Å². The Labute approximate surface area is 142 Å². The number of hydrogen-bond donors (Lipinski definition) is 1. The summed E-state index contributed by atoms with van der Waals surface area (Å²) in [6, 6.07) is 7.75. The largest absolute Gasteiger partial charge is 0.496 e. The quantitative estimate of drug-likeness (QED) is 0.701. The van der Waals surface area contributed by atoms with Crippen LogP contribution in [0.25, 0.3) is 0 Å². The molecule has 0 saturated heterocycles. The first kappa shape index (κ1) is 16.1. The lowest BCUT2D eigenvalue weighted by molar-refractivity contribution is 0.0697. The van der Waals surface area contributed by atoms with Gasteiger partial charge < -0.3 is 14.6 Å². The Morgan fingerprint density at radius 2 is 1.71 bits per heavy atom. The number of halogens is 3. The number of carboxylic acid groups (broad SMARTS) is 1. The second-order valence-corrected chi connectivity index (χ2v) is 6.09. The van der Waals surface area contributed by atoms with Crippen molar-refractivity contribution in [2.45, 2.75) is 0 Å². The van der Waals surface area contributed by atoms with Crippen molar-refractivity contribution >= 4 is 49.4 Å². The van der Waals surface area contributed by atoms with Crippen molar-refractivity contribution in [3.05, 3.63) is 49.9 Å². The Morgan fingerprint density at radius 3 is 2.29 bits per heavy atom. The molecule has 1 N–H and O–H groups in total. The van der Waals surface area contributed by atoms with Crippen LogP contribution in [0.3, 0.4) is 0 Å². The zero-order valence-electron chi connectivity index (χ0n) is 10.7. The van der Waals surface area contributed by atoms with Crippen LogP contribution in [0.1, 0.15) is 10.4 Å². The predicted molar refractivity (Wildman–Crippen MR) is 86.9 cm³/mol. The normalized spacial score (nSPS) is 10.3. The van der Waals surface area contributed by atoms with Gasteiger partial charge in [-0.3, -0.25) is 0 Å². The molecular weight excluding hydrogens is 427 g/mol. The summed E-state index contributed by atoms with van der Waals surface area (Å²) in [6.07, 6.45) is 0. The molecule has 21 heavy (non-hydrogen) atoms. The number of carboxylic acids is 1. The van der Waals surface area contributed by atoms with E-state index in [1.54, 1.807) is 19.2 Å². The molecule has 2 rings (SSSR count). The van der Waals surface area contributed by atoms with E-state index >= 15 is 0 Å². The first-order valence-corrected chi connectivity index (χ1v) is 7.62. The predicted octanol–water partition coefficient (Wildman–Crippen LogP) is 5.36. The molecule has 0 fully saturated rings. The van der Waals surface area contributed by atoms with Gasteiger partial charge in [-0.2, -0.15) is 0 Å². The molecular formula is C14H9Br2ClO4. The van der Waals surface area contributed by atoms with Gasteiger partial charge in [-0.1, -0.05) is 11.6 Å². The third kappa shape index (κ3) is 3.70. The van der Waals surface area contributed by atoms with Crippen molar-refractivity contribution < 1.29 is 19.4 Å². The highest BCUT2D eigenvalue weighted by atomic mass is 79.9. The van der Waals surface area contributed by atoms with Crippen LogP contribution in [-0.4, -0.2) is 18.2 Å². The summed E-state index contributed by atoms with van der Waals surface area (Å²) in [5.74, 6) is 0.491. The van der Waals surface area contributed by atoms with Gasteiger partial charge in [0.2, 0.25) is 0 Å². The Morgan fingerprint density at radius 1 is 1.10 bits per heavy atom. The third-order valence-corrected chi connectivity index (χ3v) is 4.14. The number of benzene rings is 2. The highest BCUT2D eigenvalue weighted by Crippen LogP contribution is 2.39. The van der Waals surface area contributed by atoms with Gasteiger partial charge in [0.15, 0.2) is 0 Å². The summed E-state index contributed by atoms with van der Waals surface area (Å²) in [5, 5.41) is 9.12. The van der Waals surface area contributed by atoms with Gasteiger partial charge in [-0.25, -0.2) is 4.79 Å². The Bertz CT molecular complexity index is 704. The van der Waals surface area contributed by atoms with Crippen LogP contribution in [0, 0.1) is 0 Å². The van der Waals surface area contributed by atoms with E-state index < -0.39 is 5.97 Å². The summed E-state index contributed by atoms with van der Waals surface area (Å²) in [5.41, 5.74) is 0.0994. The molecule has 0 unspecified atom stereocenters. The molecule has 0 aromatic heterocycles. The van der Waals surface area contributed by atoms with Crippen molar-refractivity contribution in [1.29, 1.82) is 0 Å². The molecule has 4 nitrogen and oxygen atoms in total. The first-order valence-electron chi connectivity index (χ1n) is 5.66. The lowest BCUT2D eigenvalue weighted by Crippen LogP contribution is -1.96. The van der Waals surface area contributed by atoms with Crippen LogP contribution >= 0.6 is 43.5 Å². The van der Waals surface area contributed by atoms with E-state index in [-0.39, 0.29) is 10.6 Å². The Hall–Kier alpha value is -1.24. The maximum absolute atomic E-state index is 10.9. The highest BCUT2D eigenvalue weighted by Gasteiger charge is 2.12. The summed E-state index contributed by atoms with van der Waals surface area (Å²) in [6.45, 7) is 0. The minimum Gasteiger partial charge on any atom is -0.496 e. The maximum atomic E-state index is 10.9. The molecule has 0 spiro atoms. The zero-order valence-corrected chi connectivity index (χ0v) is 14.6. The average molecular weight is 436 g/mol. The molecule has 2 aromatic carbocycles. The van der Waals surface area contributed by atoms with Crippen LogP contribution in [0.4, 0.5) is 0 Å². The summed E-state index contributed by atoms with van der Waals surface area (Å²) in [4.78, 5) is 10.9. The zero-order chi connectivity index (χ0) is 15.6. The van der Waals surface area contributed by atoms with Crippen molar-refractivity contribution in [3.8, 4) is 17.2 Å². The van der Waals surface area contributed by atoms with Gasteiger partial charge in [-0.15, -0.1) is 0 Å². The van der Waals surface area contributed by atoms with Crippen LogP contribution in [0.2, 0.25) is 5.02 Å². The van der Waals surface area contributed by atoms with Crippen molar-refractivity contribution in [1.82, 2.24) is 0 Å². The van der Waals surface area contributed by atoms with Gasteiger partial charge in [0, 0.05) is 0 Å². The van der Waals surface area contributed by atoms with Crippen LogP contribution in [0.5, 0.6) is 17.2 Å². The van der Waals surface area contributed by atoms with E-state index in [0.717, 1.165) is 4.47 Å². The summed E-state index contributed by atoms with van der Waals surface area (Å²) < 4.78 is 12.3. The van der Waals surface area contributed by atoms with Crippen LogP contribution < -0.4 is 9.47 Å². The van der Waals surface area contributed by atoms with E-state index in [2.05, 4.69) is 31.9 Å². The number of methoxy groups -OCH3 is 1. The van der Waals surface area contributed by atoms with E-state index in [0.29, 0.717) is 21.7 Å². The third-order valence-electron chi connectivity index (χ3n) is 2.61. The Balaban J connectivity index is 2.34. The van der Waals surface area contributed by atoms with E-state index in [4.69, 9.17) is 26.2 Å². The highest BCUT2D eigenvalue weighted by molar-refractivity contribution is 9.11. The van der Waals surface area contributed by atoms with Gasteiger partial charge in [0.25, 0.3) is 0 Å². The van der Waals surface area contributed by atoms with Gasteiger partial charge >= 0.3 is 5.97 Å². The van der Waals surface area contributed by atoms with Gasteiger partial charge in [0.1, 0.15) is 17.2 Å². The van der Waals surface area contributed by atoms with E-state index in [1.807, 2.05) is 0 Å². The maximum Gasteiger partial charge on any atom is 0.335 e. The van der Waals surface area contributed by atoms with Crippen molar-refractivity contribution in [2.75, 3.05) is 7.11 Å². The van der Waals surface area contributed by atoms with Gasteiger partial charge in [0.05, 0.1) is 26.6 Å². The number of carbonyl (C=O) groups is 1. The number of rotatable bonds is 4. The fourth-order valence-electron chi connectivity index (χ4n) is 1.58. The molecule has 0 radical (unpaired) electrons. The minimum atomic E-state index is -1.04. The smallest absolute Gasteiger partial charge is 0.335 e. The molecule has 110 valence electrons. The average Bonchev–Trinajstić information content (AvgIpc) is 2.44. The van der Waals surface area contributed by atoms with Crippen LogP contribution in [0.15, 0.2) is 39.3 Å². The Kier molecular flexibility index (Phi) is 5.13. The molecule has 0 aliphatic rings. The molecule has 0 bridgehead atoms. The second kappa shape index (κ2) is 6.68. The minimum absolute atomic E-state index is 0.0994. The molecule has 0 heterocycles. The van der Waals surface area contributed by atoms with E-state index in [1.165, 1.54) is 18.2 Å². The van der Waals surface area contributed by atoms with Crippen LogP contribution in [-0.2, 0) is 0 Å². The molecule has 7 heteroatoms. The van der Waals surface area contributed by atoms with Crippen molar-refractivity contribution in [2.24, 2.45) is 0 Å². The van der Waals surface area contributed by atoms with Gasteiger partial charge in [-0.05, 0) is 62.2 Å². The molecule has 0 saturated carbocycles. The topological polar surface area (TPSA) is 55.8 Å². The molecule has 0 aliphatic heterocycles. The lowest BCUT2D eigenvalue weighted by atomic mass is 10.2. The fraction of sp³-hybridized carbons (Fsp3) is 0.0714. The molecule has 0 atom stereocenters. The standard InChI is InChI=1S/C14H9Br2ClO4/c1-20-12-5-9(16)13(6-8(12)15)21-11-3-2-7(14(18)19)4-10(11)17/h2-6H,1H3,(H,18,19).